The molecule has 2 amide bonds. The van der Waals surface area contributed by atoms with Crippen LogP contribution in [0.15, 0.2) is 24.3 Å². The maximum atomic E-state index is 12.4. The van der Waals surface area contributed by atoms with E-state index in [1.54, 1.807) is 9.80 Å². The van der Waals surface area contributed by atoms with E-state index in [4.69, 9.17) is 0 Å². The molecular formula is C17H22N2O2. The minimum atomic E-state index is 0.0182. The number of nitrogens with zero attached hydrogens (tertiary/aromatic N) is 2. The third-order valence-corrected chi connectivity index (χ3v) is 4.67. The van der Waals surface area contributed by atoms with Gasteiger partial charge in [-0.05, 0) is 38.8 Å². The predicted octanol–water partition coefficient (Wildman–Crippen LogP) is 2.36. The maximum Gasteiger partial charge on any atom is 0.246 e. The highest BCUT2D eigenvalue weighted by Crippen LogP contribution is 2.30. The fourth-order valence-electron chi connectivity index (χ4n) is 3.01. The Morgan fingerprint density at radius 1 is 1.19 bits per heavy atom. The first-order valence-corrected chi connectivity index (χ1v) is 7.74. The van der Waals surface area contributed by atoms with Gasteiger partial charge in [0.2, 0.25) is 11.8 Å². The van der Waals surface area contributed by atoms with Crippen LogP contribution in [0.2, 0.25) is 0 Å². The molecule has 2 aliphatic rings. The van der Waals surface area contributed by atoms with Gasteiger partial charge in [-0.15, -0.1) is 0 Å². The van der Waals surface area contributed by atoms with Crippen molar-refractivity contribution in [3.63, 3.8) is 0 Å². The van der Waals surface area contributed by atoms with Gasteiger partial charge in [0.25, 0.3) is 0 Å². The van der Waals surface area contributed by atoms with Gasteiger partial charge < -0.3 is 9.80 Å². The summed E-state index contributed by atoms with van der Waals surface area (Å²) in [4.78, 5) is 28.4. The molecule has 112 valence electrons. The van der Waals surface area contributed by atoms with E-state index < -0.39 is 0 Å². The molecule has 1 saturated heterocycles. The lowest BCUT2D eigenvalue weighted by molar-refractivity contribution is -0.145. The van der Waals surface area contributed by atoms with Gasteiger partial charge in [0, 0.05) is 24.2 Å². The van der Waals surface area contributed by atoms with E-state index >= 15 is 0 Å². The Morgan fingerprint density at radius 2 is 1.86 bits per heavy atom. The Hall–Kier alpha value is -1.84. The summed E-state index contributed by atoms with van der Waals surface area (Å²) < 4.78 is 0. The normalized spacial score (nSPS) is 23.1. The fourth-order valence-corrected chi connectivity index (χ4v) is 3.01. The summed E-state index contributed by atoms with van der Waals surface area (Å²) in [7, 11) is 0. The van der Waals surface area contributed by atoms with Crippen molar-refractivity contribution in [1.29, 1.82) is 0 Å². The second-order valence-electron chi connectivity index (χ2n) is 6.28. The van der Waals surface area contributed by atoms with Crippen molar-refractivity contribution in [3.05, 3.63) is 29.8 Å². The van der Waals surface area contributed by atoms with Crippen LogP contribution in [-0.4, -0.2) is 35.8 Å². The average Bonchev–Trinajstić information content (AvgIpc) is 2.40. The predicted molar refractivity (Wildman–Crippen MR) is 82.0 cm³/mol. The highest BCUT2D eigenvalue weighted by Gasteiger charge is 2.37. The van der Waals surface area contributed by atoms with Crippen LogP contribution in [0.25, 0.3) is 0 Å². The molecule has 1 unspecified atom stereocenters. The van der Waals surface area contributed by atoms with Crippen molar-refractivity contribution in [3.8, 4) is 0 Å². The summed E-state index contributed by atoms with van der Waals surface area (Å²) in [5.74, 6) is 0.349. The summed E-state index contributed by atoms with van der Waals surface area (Å²) >= 11 is 0. The van der Waals surface area contributed by atoms with E-state index in [0.29, 0.717) is 6.54 Å². The first kappa shape index (κ1) is 14.1. The van der Waals surface area contributed by atoms with Crippen molar-refractivity contribution in [2.24, 2.45) is 5.92 Å². The molecule has 0 bridgehead atoms. The number of rotatable bonds is 2. The maximum absolute atomic E-state index is 12.4. The highest BCUT2D eigenvalue weighted by molar-refractivity contribution is 5.98. The summed E-state index contributed by atoms with van der Waals surface area (Å²) in [6, 6.07) is 8.06. The third kappa shape index (κ3) is 2.67. The molecule has 0 spiro atoms. The molecule has 1 aliphatic carbocycles. The van der Waals surface area contributed by atoms with Gasteiger partial charge in [-0.2, -0.15) is 0 Å². The van der Waals surface area contributed by atoms with E-state index in [2.05, 4.69) is 0 Å². The molecule has 1 aromatic rings. The first-order chi connectivity index (χ1) is 10.1. The van der Waals surface area contributed by atoms with E-state index in [1.165, 1.54) is 5.56 Å². The lowest BCUT2D eigenvalue weighted by Gasteiger charge is -2.42. The molecule has 0 aromatic heterocycles. The first-order valence-electron chi connectivity index (χ1n) is 7.74. The van der Waals surface area contributed by atoms with Crippen molar-refractivity contribution < 1.29 is 9.59 Å². The van der Waals surface area contributed by atoms with Gasteiger partial charge in [-0.1, -0.05) is 24.1 Å². The molecule has 0 N–H and O–H groups in total. The topological polar surface area (TPSA) is 40.6 Å². The van der Waals surface area contributed by atoms with E-state index in [-0.39, 0.29) is 30.3 Å². The van der Waals surface area contributed by atoms with Crippen LogP contribution in [0.4, 0.5) is 5.69 Å². The van der Waals surface area contributed by atoms with Crippen LogP contribution in [0.3, 0.4) is 0 Å². The zero-order valence-corrected chi connectivity index (χ0v) is 12.7. The van der Waals surface area contributed by atoms with Crippen molar-refractivity contribution >= 4 is 17.5 Å². The van der Waals surface area contributed by atoms with Gasteiger partial charge in [-0.25, -0.2) is 0 Å². The molecular weight excluding hydrogens is 264 g/mol. The number of carbonyl (C=O) groups excluding carboxylic acids is 2. The summed E-state index contributed by atoms with van der Waals surface area (Å²) in [6.07, 6.45) is 3.11. The van der Waals surface area contributed by atoms with Gasteiger partial charge in [-0.3, -0.25) is 9.59 Å². The SMILES string of the molecule is Cc1ccc(N2CC(C)N(C(=O)C3CCC3)CC2=O)cc1. The molecule has 1 heterocycles. The van der Waals surface area contributed by atoms with Gasteiger partial charge >= 0.3 is 0 Å². The van der Waals surface area contributed by atoms with Gasteiger partial charge in [0.05, 0.1) is 0 Å². The van der Waals surface area contributed by atoms with Gasteiger partial charge in [0.1, 0.15) is 6.54 Å². The second-order valence-corrected chi connectivity index (χ2v) is 6.28. The molecule has 1 saturated carbocycles. The smallest absolute Gasteiger partial charge is 0.246 e. The molecule has 1 aliphatic heterocycles. The Kier molecular flexibility index (Phi) is 3.70. The third-order valence-electron chi connectivity index (χ3n) is 4.67. The number of aryl methyl sites for hydroxylation is 1. The number of hydrogen-bond donors (Lipinski definition) is 0. The van der Waals surface area contributed by atoms with E-state index in [9.17, 15) is 9.59 Å². The molecule has 4 heteroatoms. The Labute approximate surface area is 125 Å². The van der Waals surface area contributed by atoms with Crippen LogP contribution >= 0.6 is 0 Å². The van der Waals surface area contributed by atoms with Crippen molar-refractivity contribution in [2.75, 3.05) is 18.0 Å². The quantitative estimate of drug-likeness (QED) is 0.837. The molecule has 2 fully saturated rings. The number of hydrogen-bond acceptors (Lipinski definition) is 2. The Bertz CT molecular complexity index is 548. The summed E-state index contributed by atoms with van der Waals surface area (Å²) in [6.45, 7) is 4.86. The summed E-state index contributed by atoms with van der Waals surface area (Å²) in [5.41, 5.74) is 2.10. The van der Waals surface area contributed by atoms with Crippen LogP contribution in [0, 0.1) is 12.8 Å². The Balaban J connectivity index is 1.73. The summed E-state index contributed by atoms with van der Waals surface area (Å²) in [5, 5.41) is 0. The Morgan fingerprint density at radius 3 is 2.43 bits per heavy atom. The van der Waals surface area contributed by atoms with Crippen LogP contribution < -0.4 is 4.90 Å². The largest absolute Gasteiger partial charge is 0.329 e. The molecule has 4 nitrogen and oxygen atoms in total. The number of carbonyl (C=O) groups is 2. The molecule has 21 heavy (non-hydrogen) atoms. The fraction of sp³-hybridized carbons (Fsp3) is 0.529. The lowest BCUT2D eigenvalue weighted by atomic mass is 9.84. The number of benzene rings is 1. The zero-order valence-electron chi connectivity index (χ0n) is 12.7. The molecule has 1 atom stereocenters. The average molecular weight is 286 g/mol. The number of anilines is 1. The highest BCUT2D eigenvalue weighted by atomic mass is 16.2. The minimum Gasteiger partial charge on any atom is -0.329 e. The monoisotopic (exact) mass is 286 g/mol. The molecule has 3 rings (SSSR count). The van der Waals surface area contributed by atoms with Crippen LogP contribution in [-0.2, 0) is 9.59 Å². The van der Waals surface area contributed by atoms with Crippen molar-refractivity contribution in [1.82, 2.24) is 4.90 Å². The molecule has 1 aromatic carbocycles. The van der Waals surface area contributed by atoms with Crippen LogP contribution in [0.1, 0.15) is 31.7 Å². The lowest BCUT2D eigenvalue weighted by Crippen LogP contribution is -2.58. The van der Waals surface area contributed by atoms with E-state index in [0.717, 1.165) is 24.9 Å². The number of piperazine rings is 1. The zero-order chi connectivity index (χ0) is 15.0. The number of amides is 2. The molecule has 0 radical (unpaired) electrons. The van der Waals surface area contributed by atoms with Gasteiger partial charge in [0.15, 0.2) is 0 Å². The van der Waals surface area contributed by atoms with Crippen LogP contribution in [0.5, 0.6) is 0 Å². The second kappa shape index (κ2) is 5.51. The van der Waals surface area contributed by atoms with Crippen molar-refractivity contribution in [2.45, 2.75) is 39.2 Å². The standard InChI is InChI=1S/C17H22N2O2/c1-12-6-8-15(9-7-12)19-10-13(2)18(11-16(19)20)17(21)14-4-3-5-14/h6-9,13-14H,3-5,10-11H2,1-2H3. The van der Waals surface area contributed by atoms with E-state index in [1.807, 2.05) is 38.1 Å². The minimum absolute atomic E-state index is 0.0182.